The number of halogens is 5. The standard InChI is InChI=1S/C17H14BrF4N3O/c18-10-1-4-15(25-9-10)17(21,22)16(26,8-12(24)5-6-23)13-3-2-11(19)7-14(13)20/h1-7,9,24,26H,8,23H2/b6-5-,24-12?. The molecule has 138 valence electrons. The molecule has 0 aliphatic rings. The molecular weight excluding hydrogens is 418 g/mol. The van der Waals surface area contributed by atoms with Crippen LogP contribution in [-0.4, -0.2) is 15.8 Å². The second kappa shape index (κ2) is 7.55. The monoisotopic (exact) mass is 431 g/mol. The maximum absolute atomic E-state index is 15.2. The summed E-state index contributed by atoms with van der Waals surface area (Å²) in [5.74, 6) is -6.45. The van der Waals surface area contributed by atoms with Crippen LogP contribution >= 0.6 is 15.9 Å². The highest BCUT2D eigenvalue weighted by atomic mass is 79.9. The van der Waals surface area contributed by atoms with Crippen LogP contribution < -0.4 is 5.73 Å². The minimum absolute atomic E-state index is 0.383. The molecule has 0 radical (unpaired) electrons. The zero-order valence-electron chi connectivity index (χ0n) is 13.2. The Kier molecular flexibility index (Phi) is 5.82. The van der Waals surface area contributed by atoms with Gasteiger partial charge in [-0.1, -0.05) is 6.07 Å². The average Bonchev–Trinajstić information content (AvgIpc) is 2.55. The Labute approximate surface area is 155 Å². The number of rotatable bonds is 6. The van der Waals surface area contributed by atoms with E-state index in [4.69, 9.17) is 11.1 Å². The van der Waals surface area contributed by atoms with Gasteiger partial charge in [0.1, 0.15) is 17.3 Å². The summed E-state index contributed by atoms with van der Waals surface area (Å²) in [7, 11) is 0. The molecule has 2 aromatic rings. The van der Waals surface area contributed by atoms with Crippen molar-refractivity contribution < 1.29 is 22.7 Å². The molecule has 1 unspecified atom stereocenters. The Morgan fingerprint density at radius 1 is 1.27 bits per heavy atom. The Morgan fingerprint density at radius 2 is 1.96 bits per heavy atom. The SMILES string of the molecule is N=C(/C=C\N)CC(O)(c1ccc(F)cc1F)C(F)(F)c1ccc(Br)cn1. The lowest BCUT2D eigenvalue weighted by molar-refractivity contribution is -0.195. The molecule has 0 saturated heterocycles. The molecule has 4 nitrogen and oxygen atoms in total. The fourth-order valence-corrected chi connectivity index (χ4v) is 2.66. The number of hydrogen-bond acceptors (Lipinski definition) is 4. The van der Waals surface area contributed by atoms with Crippen LogP contribution in [0.1, 0.15) is 17.7 Å². The van der Waals surface area contributed by atoms with Gasteiger partial charge in [-0.3, -0.25) is 4.98 Å². The first kappa shape index (κ1) is 20.1. The van der Waals surface area contributed by atoms with Gasteiger partial charge in [0.05, 0.1) is 0 Å². The van der Waals surface area contributed by atoms with Crippen molar-refractivity contribution in [2.24, 2.45) is 5.73 Å². The second-order valence-corrected chi connectivity index (χ2v) is 6.40. The van der Waals surface area contributed by atoms with E-state index in [1.54, 1.807) is 0 Å². The van der Waals surface area contributed by atoms with E-state index < -0.39 is 46.5 Å². The Balaban J connectivity index is 2.66. The molecule has 0 bridgehead atoms. The van der Waals surface area contributed by atoms with Gasteiger partial charge >= 0.3 is 5.92 Å². The first-order valence-corrected chi connectivity index (χ1v) is 8.04. The molecule has 0 saturated carbocycles. The number of alkyl halides is 2. The predicted molar refractivity (Wildman–Crippen MR) is 91.8 cm³/mol. The summed E-state index contributed by atoms with van der Waals surface area (Å²) in [6.07, 6.45) is 2.03. The first-order chi connectivity index (χ1) is 12.1. The van der Waals surface area contributed by atoms with Crippen molar-refractivity contribution in [1.29, 1.82) is 5.41 Å². The van der Waals surface area contributed by atoms with Crippen LogP contribution in [-0.2, 0) is 11.5 Å². The van der Waals surface area contributed by atoms with Crippen LogP contribution in [0.4, 0.5) is 17.6 Å². The fraction of sp³-hybridized carbons (Fsp3) is 0.176. The number of aliphatic hydroxyl groups is 1. The molecular formula is C17H14BrF4N3O. The minimum atomic E-state index is -4.10. The van der Waals surface area contributed by atoms with Gasteiger partial charge in [-0.15, -0.1) is 0 Å². The van der Waals surface area contributed by atoms with Crippen molar-refractivity contribution >= 4 is 21.6 Å². The number of aromatic nitrogens is 1. The van der Waals surface area contributed by atoms with Crippen molar-refractivity contribution in [3.8, 4) is 0 Å². The van der Waals surface area contributed by atoms with Crippen molar-refractivity contribution in [3.05, 3.63) is 76.2 Å². The van der Waals surface area contributed by atoms with Crippen LogP contribution in [0.25, 0.3) is 0 Å². The normalized spacial score (nSPS) is 14.4. The van der Waals surface area contributed by atoms with Crippen LogP contribution in [0, 0.1) is 17.0 Å². The molecule has 4 N–H and O–H groups in total. The summed E-state index contributed by atoms with van der Waals surface area (Å²) in [4.78, 5) is 3.58. The van der Waals surface area contributed by atoms with Crippen LogP contribution in [0.3, 0.4) is 0 Å². The Morgan fingerprint density at radius 3 is 2.50 bits per heavy atom. The number of pyridine rings is 1. The van der Waals surface area contributed by atoms with Crippen molar-refractivity contribution in [2.45, 2.75) is 17.9 Å². The number of nitrogens with zero attached hydrogens (tertiary/aromatic N) is 1. The van der Waals surface area contributed by atoms with Gasteiger partial charge in [0.25, 0.3) is 0 Å². The molecule has 1 aromatic heterocycles. The van der Waals surface area contributed by atoms with Crippen molar-refractivity contribution in [2.75, 3.05) is 0 Å². The largest absolute Gasteiger partial charge is 0.405 e. The highest BCUT2D eigenvalue weighted by Gasteiger charge is 2.57. The van der Waals surface area contributed by atoms with E-state index in [-0.39, 0.29) is 0 Å². The van der Waals surface area contributed by atoms with Crippen molar-refractivity contribution in [1.82, 2.24) is 4.98 Å². The zero-order chi connectivity index (χ0) is 19.5. The first-order valence-electron chi connectivity index (χ1n) is 7.25. The summed E-state index contributed by atoms with van der Waals surface area (Å²) in [6, 6.07) is 4.09. The third-order valence-electron chi connectivity index (χ3n) is 3.69. The summed E-state index contributed by atoms with van der Waals surface area (Å²) in [5, 5.41) is 18.5. The van der Waals surface area contributed by atoms with E-state index in [1.165, 1.54) is 6.07 Å². The summed E-state index contributed by atoms with van der Waals surface area (Å²) in [6.45, 7) is 0. The lowest BCUT2D eigenvalue weighted by Crippen LogP contribution is -2.46. The molecule has 9 heteroatoms. The lowest BCUT2D eigenvalue weighted by Gasteiger charge is -2.36. The Hall–Kier alpha value is -2.26. The van der Waals surface area contributed by atoms with Gasteiger partial charge in [-0.25, -0.2) is 8.78 Å². The molecule has 1 aromatic carbocycles. The molecule has 2 rings (SSSR count). The summed E-state index contributed by atoms with van der Waals surface area (Å²) >= 11 is 3.06. The second-order valence-electron chi connectivity index (χ2n) is 5.48. The number of benzene rings is 1. The molecule has 0 amide bonds. The third-order valence-corrected chi connectivity index (χ3v) is 4.16. The molecule has 0 aliphatic heterocycles. The summed E-state index contributed by atoms with van der Waals surface area (Å²) < 4.78 is 58.2. The Bertz CT molecular complexity index is 842. The number of nitrogens with two attached hydrogens (primary N) is 1. The molecule has 26 heavy (non-hydrogen) atoms. The number of nitrogens with one attached hydrogen (secondary N) is 1. The highest BCUT2D eigenvalue weighted by Crippen LogP contribution is 2.48. The highest BCUT2D eigenvalue weighted by molar-refractivity contribution is 9.10. The maximum atomic E-state index is 15.2. The van der Waals surface area contributed by atoms with E-state index in [0.29, 0.717) is 10.5 Å². The maximum Gasteiger partial charge on any atom is 0.322 e. The van der Waals surface area contributed by atoms with E-state index in [1.807, 2.05) is 0 Å². The van der Waals surface area contributed by atoms with Gasteiger partial charge in [-0.2, -0.15) is 8.78 Å². The van der Waals surface area contributed by atoms with Crippen LogP contribution in [0.5, 0.6) is 0 Å². The van der Waals surface area contributed by atoms with Gasteiger partial charge in [0, 0.05) is 34.4 Å². The number of hydrogen-bond donors (Lipinski definition) is 3. The quantitative estimate of drug-likeness (QED) is 0.477. The lowest BCUT2D eigenvalue weighted by atomic mass is 9.80. The topological polar surface area (TPSA) is 83.0 Å². The molecule has 1 heterocycles. The van der Waals surface area contributed by atoms with Gasteiger partial charge in [0.15, 0.2) is 5.60 Å². The molecule has 0 spiro atoms. The predicted octanol–water partition coefficient (Wildman–Crippen LogP) is 3.98. The minimum Gasteiger partial charge on any atom is -0.405 e. The van der Waals surface area contributed by atoms with Crippen molar-refractivity contribution in [3.63, 3.8) is 0 Å². The van der Waals surface area contributed by atoms with Gasteiger partial charge < -0.3 is 16.2 Å². The molecule has 0 aliphatic carbocycles. The van der Waals surface area contributed by atoms with Crippen LogP contribution in [0.2, 0.25) is 0 Å². The zero-order valence-corrected chi connectivity index (χ0v) is 14.8. The average molecular weight is 432 g/mol. The van der Waals surface area contributed by atoms with Crippen LogP contribution in [0.15, 0.2) is 53.3 Å². The van der Waals surface area contributed by atoms with Gasteiger partial charge in [-0.05, 0) is 46.4 Å². The summed E-state index contributed by atoms with van der Waals surface area (Å²) in [5.41, 5.74) is -0.221. The van der Waals surface area contributed by atoms with E-state index in [9.17, 15) is 13.9 Å². The molecule has 0 fully saturated rings. The number of allylic oxidation sites excluding steroid dienone is 1. The van der Waals surface area contributed by atoms with E-state index in [2.05, 4.69) is 20.9 Å². The smallest absolute Gasteiger partial charge is 0.322 e. The van der Waals surface area contributed by atoms with E-state index in [0.717, 1.165) is 36.7 Å². The van der Waals surface area contributed by atoms with Gasteiger partial charge in [0.2, 0.25) is 0 Å². The fourth-order valence-electron chi connectivity index (χ4n) is 2.42. The van der Waals surface area contributed by atoms with E-state index >= 15 is 8.78 Å². The molecule has 1 atom stereocenters. The third kappa shape index (κ3) is 3.78.